The van der Waals surface area contributed by atoms with Gasteiger partial charge in [-0.15, -0.1) is 0 Å². The molecule has 3 aliphatic heterocycles. The van der Waals surface area contributed by atoms with Crippen LogP contribution in [0.2, 0.25) is 0 Å². The van der Waals surface area contributed by atoms with Crippen LogP contribution >= 0.6 is 22.6 Å². The zero-order valence-corrected chi connectivity index (χ0v) is 26.7. The van der Waals surface area contributed by atoms with E-state index in [9.17, 15) is 14.7 Å². The standard InChI is InChI=1S/C33H36IN3O6/c1-37(2)27-17-23(18-33(37,34)31-30(27)43-31)42-32(40)36-26-15-20(9-12-24(26)22-7-5-4-6-8-22)11-14-29(39)35-25-13-10-21(19-38)16-28(25)41-3/h4-10,12-13,15-16,23,27,30-31,38H,11,14,17-19H2,1-3H3,(H-,35,36,39,40)/p+1/t23-,27-,30-,31+,33-/m0/s1. The van der Waals surface area contributed by atoms with Crippen LogP contribution in [0.1, 0.15) is 30.4 Å². The molecule has 10 heteroatoms. The number of nitrogens with zero attached hydrogens (tertiary/aromatic N) is 1. The average Bonchev–Trinajstić information content (AvgIpc) is 3.78. The minimum Gasteiger partial charge on any atom is -0.495 e. The molecule has 2 bridgehead atoms. The molecular formula is C33H37IN3O6+. The number of aliphatic hydroxyl groups excluding tert-OH is 1. The summed E-state index contributed by atoms with van der Waals surface area (Å²) in [7, 11) is 6.03. The van der Waals surface area contributed by atoms with Gasteiger partial charge in [0.1, 0.15) is 24.0 Å². The van der Waals surface area contributed by atoms with Gasteiger partial charge < -0.3 is 29.1 Å². The molecule has 43 heavy (non-hydrogen) atoms. The number of hydrogen-bond acceptors (Lipinski definition) is 6. The van der Waals surface area contributed by atoms with Gasteiger partial charge in [-0.25, -0.2) is 4.79 Å². The molecule has 5 atom stereocenters. The van der Waals surface area contributed by atoms with E-state index in [-0.39, 0.29) is 40.8 Å². The third kappa shape index (κ3) is 5.73. The highest BCUT2D eigenvalue weighted by Gasteiger charge is 2.78. The van der Waals surface area contributed by atoms with Crippen LogP contribution in [0.3, 0.4) is 0 Å². The van der Waals surface area contributed by atoms with Gasteiger partial charge in [-0.05, 0) is 63.9 Å². The highest BCUT2D eigenvalue weighted by molar-refractivity contribution is 14.1. The number of aliphatic hydroxyl groups is 1. The number of benzene rings is 3. The maximum absolute atomic E-state index is 13.3. The number of piperidine rings is 1. The second-order valence-electron chi connectivity index (χ2n) is 12.0. The lowest BCUT2D eigenvalue weighted by atomic mass is 9.96. The van der Waals surface area contributed by atoms with Crippen molar-refractivity contribution in [2.24, 2.45) is 0 Å². The molecular weight excluding hydrogens is 661 g/mol. The molecule has 0 aromatic heterocycles. The second kappa shape index (κ2) is 11.7. The number of amides is 2. The normalized spacial score (nSPS) is 26.3. The van der Waals surface area contributed by atoms with Crippen molar-refractivity contribution >= 4 is 46.0 Å². The minimum atomic E-state index is -0.475. The monoisotopic (exact) mass is 698 g/mol. The highest BCUT2D eigenvalue weighted by Crippen LogP contribution is 2.61. The first-order valence-corrected chi connectivity index (χ1v) is 15.6. The molecule has 0 aliphatic carbocycles. The first-order valence-electron chi connectivity index (χ1n) is 14.5. The molecule has 226 valence electrons. The Kier molecular flexibility index (Phi) is 8.14. The highest BCUT2D eigenvalue weighted by atomic mass is 127. The Bertz CT molecular complexity index is 1530. The molecule has 6 rings (SSSR count). The molecule has 3 N–H and O–H groups in total. The van der Waals surface area contributed by atoms with Crippen LogP contribution in [0.15, 0.2) is 66.7 Å². The van der Waals surface area contributed by atoms with E-state index in [1.54, 1.807) is 18.2 Å². The molecule has 3 aliphatic rings. The zero-order chi connectivity index (χ0) is 30.4. The van der Waals surface area contributed by atoms with Crippen molar-refractivity contribution < 1.29 is 33.4 Å². The molecule has 0 saturated carbocycles. The molecule has 3 aromatic carbocycles. The Morgan fingerprint density at radius 2 is 1.81 bits per heavy atom. The minimum absolute atomic E-state index is 0.100. The third-order valence-corrected chi connectivity index (χ3v) is 11.5. The number of ether oxygens (including phenoxy) is 3. The largest absolute Gasteiger partial charge is 0.495 e. The van der Waals surface area contributed by atoms with Gasteiger partial charge in [0.05, 0.1) is 45.6 Å². The van der Waals surface area contributed by atoms with Gasteiger partial charge in [-0.3, -0.25) is 10.1 Å². The number of fused-ring (bicyclic) bond motifs is 5. The summed E-state index contributed by atoms with van der Waals surface area (Å²) in [5.74, 6) is 0.322. The molecule has 9 nitrogen and oxygen atoms in total. The average molecular weight is 699 g/mol. The molecule has 3 aromatic rings. The summed E-state index contributed by atoms with van der Waals surface area (Å²) in [6.07, 6.45) is 2.06. The van der Waals surface area contributed by atoms with E-state index >= 15 is 0 Å². The number of anilines is 2. The predicted molar refractivity (Wildman–Crippen MR) is 172 cm³/mol. The van der Waals surface area contributed by atoms with Crippen LogP contribution in [0.4, 0.5) is 16.2 Å². The smallest absolute Gasteiger partial charge is 0.411 e. The van der Waals surface area contributed by atoms with Crippen LogP contribution in [-0.4, -0.2) is 70.7 Å². The summed E-state index contributed by atoms with van der Waals surface area (Å²) in [5, 5.41) is 15.3. The Labute approximate surface area is 265 Å². The molecule has 2 amide bonds. The summed E-state index contributed by atoms with van der Waals surface area (Å²) in [4.78, 5) is 26.1. The Balaban J connectivity index is 1.14. The zero-order valence-electron chi connectivity index (χ0n) is 24.5. The Morgan fingerprint density at radius 1 is 1.05 bits per heavy atom. The molecule has 0 radical (unpaired) electrons. The van der Waals surface area contributed by atoms with Crippen LogP contribution in [0.25, 0.3) is 11.1 Å². The first kappa shape index (κ1) is 29.9. The van der Waals surface area contributed by atoms with Crippen LogP contribution in [0, 0.1) is 0 Å². The topological polar surface area (TPSA) is 109 Å². The molecule has 0 spiro atoms. The van der Waals surface area contributed by atoms with Crippen LogP contribution in [-0.2, 0) is 27.3 Å². The fraction of sp³-hybridized carbons (Fsp3) is 0.394. The Morgan fingerprint density at radius 3 is 2.53 bits per heavy atom. The number of alkyl halides is 1. The van der Waals surface area contributed by atoms with Crippen molar-refractivity contribution in [2.45, 2.75) is 60.2 Å². The van der Waals surface area contributed by atoms with Gasteiger partial charge in [-0.1, -0.05) is 48.5 Å². The number of morpholine rings is 1. The molecule has 0 unspecified atom stereocenters. The van der Waals surface area contributed by atoms with Crippen molar-refractivity contribution in [1.82, 2.24) is 0 Å². The summed E-state index contributed by atoms with van der Waals surface area (Å²) >= 11 is 2.52. The number of quaternary nitrogens is 1. The van der Waals surface area contributed by atoms with Crippen molar-refractivity contribution in [3.63, 3.8) is 0 Å². The third-order valence-electron chi connectivity index (χ3n) is 9.19. The maximum atomic E-state index is 13.3. The second-order valence-corrected chi connectivity index (χ2v) is 13.9. The van der Waals surface area contributed by atoms with E-state index in [4.69, 9.17) is 14.2 Å². The predicted octanol–water partition coefficient (Wildman–Crippen LogP) is 5.49. The van der Waals surface area contributed by atoms with Gasteiger partial charge in [-0.2, -0.15) is 0 Å². The number of likely N-dealkylation sites (N-methyl/N-ethyl adjacent to an activating group) is 1. The van der Waals surface area contributed by atoms with Crippen LogP contribution < -0.4 is 15.4 Å². The summed E-state index contributed by atoms with van der Waals surface area (Å²) in [6, 6.07) is 21.2. The van der Waals surface area contributed by atoms with Gasteiger partial charge >= 0.3 is 6.09 Å². The fourth-order valence-electron chi connectivity index (χ4n) is 6.67. The number of carbonyl (C=O) groups is 2. The number of nitrogens with one attached hydrogen (secondary N) is 2. The van der Waals surface area contributed by atoms with Gasteiger partial charge in [0.15, 0.2) is 9.65 Å². The van der Waals surface area contributed by atoms with Crippen molar-refractivity contribution in [1.29, 1.82) is 0 Å². The summed E-state index contributed by atoms with van der Waals surface area (Å²) in [6.45, 7) is -0.110. The number of aryl methyl sites for hydroxylation is 1. The fourth-order valence-corrected chi connectivity index (χ4v) is 8.02. The van der Waals surface area contributed by atoms with Gasteiger partial charge in [0.2, 0.25) is 5.91 Å². The summed E-state index contributed by atoms with van der Waals surface area (Å²) in [5.41, 5.74) is 4.64. The van der Waals surface area contributed by atoms with Gasteiger partial charge in [0, 0.05) is 18.4 Å². The van der Waals surface area contributed by atoms with Crippen molar-refractivity contribution in [2.75, 3.05) is 31.8 Å². The SMILES string of the molecule is COc1cc(CO)ccc1NC(=O)CCc1ccc(-c2ccccc2)c(NC(=O)O[C@H]2C[C@H]3[C@@H]4O[C@H]4[C@](I)(C2)[N+]3(C)C)c1. The van der Waals surface area contributed by atoms with E-state index in [0.717, 1.165) is 34.0 Å². The lowest BCUT2D eigenvalue weighted by Crippen LogP contribution is -2.65. The number of hydrogen-bond donors (Lipinski definition) is 3. The number of epoxide rings is 1. The maximum Gasteiger partial charge on any atom is 0.411 e. The molecule has 3 fully saturated rings. The first-order chi connectivity index (χ1) is 20.6. The quantitative estimate of drug-likeness (QED) is 0.0897. The summed E-state index contributed by atoms with van der Waals surface area (Å²) < 4.78 is 18.1. The molecule has 3 heterocycles. The number of halogens is 1. The lowest BCUT2D eigenvalue weighted by Gasteiger charge is -2.50. The van der Waals surface area contributed by atoms with E-state index in [1.165, 1.54) is 7.11 Å². The van der Waals surface area contributed by atoms with E-state index in [0.29, 0.717) is 35.2 Å². The van der Waals surface area contributed by atoms with Crippen LogP contribution in [0.5, 0.6) is 5.75 Å². The van der Waals surface area contributed by atoms with E-state index < -0.39 is 6.09 Å². The van der Waals surface area contributed by atoms with Gasteiger partial charge in [0.25, 0.3) is 0 Å². The van der Waals surface area contributed by atoms with E-state index in [1.807, 2.05) is 48.5 Å². The van der Waals surface area contributed by atoms with E-state index in [2.05, 4.69) is 47.3 Å². The van der Waals surface area contributed by atoms with Crippen molar-refractivity contribution in [3.8, 4) is 16.9 Å². The number of methoxy groups -OCH3 is 1. The number of rotatable bonds is 9. The lowest BCUT2D eigenvalue weighted by molar-refractivity contribution is -0.943. The number of carbonyl (C=O) groups excluding carboxylic acids is 2. The van der Waals surface area contributed by atoms with Crippen molar-refractivity contribution in [3.05, 3.63) is 77.9 Å². The molecule has 3 saturated heterocycles. The Hall–Kier alpha value is -3.19.